The number of pyridine rings is 2. The number of hydrogen-bond donors (Lipinski definition) is 2. The van der Waals surface area contributed by atoms with Crippen molar-refractivity contribution < 1.29 is 35.9 Å². The van der Waals surface area contributed by atoms with E-state index in [2.05, 4.69) is 25.5 Å². The standard InChI is InChI=1S/C16H10ClF3N4O.C11H5Cl2F3N2O.C5H6N2/c17-10-1-3-12(4-2-10)24-14(16(18,19)20)13(9-22-24)15(25)23-11-5-7-21-8-6-11;12-6-1-3-7(4-2-6)18-9(11(14,15)16)8(5-17-18)10(13)19;6-5-1-3-7-4-2-5/h1-9H,(H,21,23,25);1-5H;1-4H,(H2,6,7). The molecule has 0 aliphatic rings. The molecule has 1 amide bonds. The fraction of sp³-hybridized carbons (Fsp3) is 0.0625. The van der Waals surface area contributed by atoms with Gasteiger partial charge in [0.25, 0.3) is 11.1 Å². The Hall–Kier alpha value is -5.45. The number of rotatable bonds is 5. The second kappa shape index (κ2) is 16.5. The Labute approximate surface area is 299 Å². The Balaban J connectivity index is 0.000000197. The van der Waals surface area contributed by atoms with Crippen molar-refractivity contribution >= 4 is 57.3 Å². The molecular formula is C32H21Cl3F6N8O2. The molecule has 51 heavy (non-hydrogen) atoms. The van der Waals surface area contributed by atoms with Crippen molar-refractivity contribution in [2.24, 2.45) is 0 Å². The van der Waals surface area contributed by atoms with Crippen LogP contribution in [0.4, 0.5) is 37.7 Å². The van der Waals surface area contributed by atoms with Crippen molar-refractivity contribution in [3.63, 3.8) is 0 Å². The Morgan fingerprint density at radius 1 is 0.627 bits per heavy atom. The summed E-state index contributed by atoms with van der Waals surface area (Å²) >= 11 is 16.5. The van der Waals surface area contributed by atoms with E-state index in [0.717, 1.165) is 18.1 Å². The van der Waals surface area contributed by atoms with Crippen LogP contribution in [0.25, 0.3) is 11.4 Å². The highest BCUT2D eigenvalue weighted by Gasteiger charge is 2.41. The van der Waals surface area contributed by atoms with E-state index in [9.17, 15) is 35.9 Å². The van der Waals surface area contributed by atoms with Gasteiger partial charge in [0, 0.05) is 46.2 Å². The Morgan fingerprint density at radius 3 is 1.39 bits per heavy atom. The van der Waals surface area contributed by atoms with E-state index in [1.54, 1.807) is 24.5 Å². The molecule has 0 aliphatic carbocycles. The summed E-state index contributed by atoms with van der Waals surface area (Å²) in [5.74, 6) is -0.918. The van der Waals surface area contributed by atoms with E-state index in [1.165, 1.54) is 73.1 Å². The van der Waals surface area contributed by atoms with Gasteiger partial charge in [-0.15, -0.1) is 0 Å². The Morgan fingerprint density at radius 2 is 1.02 bits per heavy atom. The van der Waals surface area contributed by atoms with Gasteiger partial charge in [-0.1, -0.05) is 23.2 Å². The van der Waals surface area contributed by atoms with Crippen molar-refractivity contribution in [2.45, 2.75) is 12.4 Å². The molecule has 264 valence electrons. The molecule has 6 aromatic rings. The summed E-state index contributed by atoms with van der Waals surface area (Å²) in [5.41, 5.74) is 3.01. The average molecular weight is 770 g/mol. The zero-order valence-electron chi connectivity index (χ0n) is 25.4. The minimum absolute atomic E-state index is 0.126. The van der Waals surface area contributed by atoms with Crippen LogP contribution in [0.5, 0.6) is 0 Å². The predicted octanol–water partition coefficient (Wildman–Crippen LogP) is 8.78. The number of nitrogens with zero attached hydrogens (tertiary/aromatic N) is 6. The van der Waals surface area contributed by atoms with Crippen LogP contribution in [-0.4, -0.2) is 40.7 Å². The zero-order valence-corrected chi connectivity index (χ0v) is 27.6. The molecule has 0 saturated carbocycles. The number of halogens is 9. The highest BCUT2D eigenvalue weighted by molar-refractivity contribution is 6.67. The number of hydrogen-bond acceptors (Lipinski definition) is 7. The molecular weight excluding hydrogens is 749 g/mol. The van der Waals surface area contributed by atoms with Gasteiger partial charge in [-0.2, -0.15) is 36.5 Å². The van der Waals surface area contributed by atoms with Gasteiger partial charge >= 0.3 is 12.4 Å². The molecule has 2 aromatic carbocycles. The number of aromatic nitrogens is 6. The van der Waals surface area contributed by atoms with Gasteiger partial charge in [0.1, 0.15) is 0 Å². The maximum Gasteiger partial charge on any atom is 0.434 e. The number of carbonyl (C=O) groups is 2. The summed E-state index contributed by atoms with van der Waals surface area (Å²) in [6.07, 6.45) is -1.71. The SMILES string of the molecule is Nc1ccncc1.O=C(Cl)c1cnn(-c2ccc(Cl)cc2)c1C(F)(F)F.O=C(Nc1ccncc1)c1cnn(-c2ccc(Cl)cc2)c1C(F)(F)F. The van der Waals surface area contributed by atoms with Gasteiger partial charge in [-0.3, -0.25) is 19.6 Å². The van der Waals surface area contributed by atoms with E-state index in [0.29, 0.717) is 25.1 Å². The number of carbonyl (C=O) groups excluding carboxylic acids is 2. The molecule has 4 aromatic heterocycles. The molecule has 0 unspecified atom stereocenters. The molecule has 0 spiro atoms. The summed E-state index contributed by atoms with van der Waals surface area (Å²) in [5, 5.41) is 9.20. The first-order chi connectivity index (χ1) is 24.1. The fourth-order valence-corrected chi connectivity index (χ4v) is 4.50. The van der Waals surface area contributed by atoms with Gasteiger partial charge < -0.3 is 11.1 Å². The number of anilines is 2. The highest BCUT2D eigenvalue weighted by Crippen LogP contribution is 2.35. The minimum atomic E-state index is -4.78. The zero-order chi connectivity index (χ0) is 37.3. The van der Waals surface area contributed by atoms with E-state index >= 15 is 0 Å². The monoisotopic (exact) mass is 768 g/mol. The maximum atomic E-state index is 13.5. The van der Waals surface area contributed by atoms with Crippen LogP contribution in [0.2, 0.25) is 10.0 Å². The van der Waals surface area contributed by atoms with Crippen LogP contribution in [0.1, 0.15) is 32.1 Å². The van der Waals surface area contributed by atoms with Crippen molar-refractivity contribution in [1.29, 1.82) is 0 Å². The van der Waals surface area contributed by atoms with Crippen molar-refractivity contribution in [2.75, 3.05) is 11.1 Å². The lowest BCUT2D eigenvalue weighted by Crippen LogP contribution is -2.20. The van der Waals surface area contributed by atoms with Crippen LogP contribution >= 0.6 is 34.8 Å². The maximum absolute atomic E-state index is 13.5. The topological polar surface area (TPSA) is 134 Å². The largest absolute Gasteiger partial charge is 0.434 e. The third-order valence-electron chi connectivity index (χ3n) is 6.32. The first-order valence-corrected chi connectivity index (χ1v) is 15.1. The quantitative estimate of drug-likeness (QED) is 0.132. The molecule has 0 aliphatic heterocycles. The number of nitrogens with one attached hydrogen (secondary N) is 1. The molecule has 19 heteroatoms. The smallest absolute Gasteiger partial charge is 0.399 e. The summed E-state index contributed by atoms with van der Waals surface area (Å²) < 4.78 is 80.8. The predicted molar refractivity (Wildman–Crippen MR) is 178 cm³/mol. The van der Waals surface area contributed by atoms with Gasteiger partial charge in [-0.05, 0) is 84.4 Å². The second-order valence-corrected chi connectivity index (χ2v) is 11.0. The number of benzene rings is 2. The lowest BCUT2D eigenvalue weighted by Gasteiger charge is -2.13. The van der Waals surface area contributed by atoms with Crippen molar-refractivity contribution in [1.82, 2.24) is 29.5 Å². The van der Waals surface area contributed by atoms with E-state index in [-0.39, 0.29) is 11.4 Å². The summed E-state index contributed by atoms with van der Waals surface area (Å²) in [6.45, 7) is 0. The van der Waals surface area contributed by atoms with Gasteiger partial charge in [0.15, 0.2) is 11.4 Å². The Kier molecular flexibility index (Phi) is 12.4. The third-order valence-corrected chi connectivity index (χ3v) is 7.03. The minimum Gasteiger partial charge on any atom is -0.399 e. The number of nitrogens with two attached hydrogens (primary N) is 1. The first-order valence-electron chi connectivity index (χ1n) is 13.9. The molecule has 4 heterocycles. The number of amides is 1. The van der Waals surface area contributed by atoms with Gasteiger partial charge in [0.05, 0.1) is 34.9 Å². The number of alkyl halides is 6. The molecule has 10 nitrogen and oxygen atoms in total. The molecule has 0 fully saturated rings. The van der Waals surface area contributed by atoms with Crippen LogP contribution in [-0.2, 0) is 12.4 Å². The van der Waals surface area contributed by atoms with Crippen LogP contribution in [0.3, 0.4) is 0 Å². The third kappa shape index (κ3) is 10.3. The normalized spacial score (nSPS) is 11.1. The second-order valence-electron chi connectivity index (χ2n) is 9.83. The van der Waals surface area contributed by atoms with E-state index < -0.39 is 46.0 Å². The summed E-state index contributed by atoms with van der Waals surface area (Å²) in [4.78, 5) is 30.8. The van der Waals surface area contributed by atoms with E-state index in [4.69, 9.17) is 40.5 Å². The number of nitrogen functional groups attached to an aromatic ring is 1. The van der Waals surface area contributed by atoms with Gasteiger partial charge in [0.2, 0.25) is 0 Å². The summed E-state index contributed by atoms with van der Waals surface area (Å²) in [6, 6.07) is 17.6. The highest BCUT2D eigenvalue weighted by atomic mass is 35.5. The first kappa shape index (κ1) is 38.4. The van der Waals surface area contributed by atoms with Crippen molar-refractivity contribution in [3.05, 3.63) is 143 Å². The van der Waals surface area contributed by atoms with Crippen LogP contribution < -0.4 is 11.1 Å². The lowest BCUT2D eigenvalue weighted by atomic mass is 10.2. The molecule has 0 atom stereocenters. The Bertz CT molecular complexity index is 2070. The lowest BCUT2D eigenvalue weighted by molar-refractivity contribution is -0.143. The van der Waals surface area contributed by atoms with Crippen LogP contribution in [0, 0.1) is 0 Å². The molecule has 0 saturated heterocycles. The van der Waals surface area contributed by atoms with Crippen molar-refractivity contribution in [3.8, 4) is 11.4 Å². The fourth-order valence-electron chi connectivity index (χ4n) is 4.11. The van der Waals surface area contributed by atoms with Crippen LogP contribution in [0.15, 0.2) is 110 Å². The molecule has 3 N–H and O–H groups in total. The van der Waals surface area contributed by atoms with Gasteiger partial charge in [-0.25, -0.2) is 9.36 Å². The summed E-state index contributed by atoms with van der Waals surface area (Å²) in [7, 11) is 0. The average Bonchev–Trinajstić information content (AvgIpc) is 3.74. The molecule has 6 rings (SSSR count). The molecule has 0 bridgehead atoms. The molecule has 0 radical (unpaired) electrons. The van der Waals surface area contributed by atoms with E-state index in [1.807, 2.05) is 0 Å².